The minimum atomic E-state index is -0.308. The van der Waals surface area contributed by atoms with E-state index in [2.05, 4.69) is 5.32 Å². The fourth-order valence-electron chi connectivity index (χ4n) is 2.80. The molecule has 0 atom stereocenters. The highest BCUT2D eigenvalue weighted by Crippen LogP contribution is 2.31. The largest absolute Gasteiger partial charge is 0.508 e. The quantitative estimate of drug-likeness (QED) is 0.577. The van der Waals surface area contributed by atoms with Crippen LogP contribution in [0.5, 0.6) is 11.5 Å². The summed E-state index contributed by atoms with van der Waals surface area (Å²) in [5.41, 5.74) is 2.54. The lowest BCUT2D eigenvalue weighted by Crippen LogP contribution is -2.34. The van der Waals surface area contributed by atoms with Gasteiger partial charge in [-0.25, -0.2) is 4.39 Å². The molecule has 0 radical (unpaired) electrons. The third-order valence-electron chi connectivity index (χ3n) is 4.36. The maximum Gasteiger partial charge on any atom is 0.178 e. The van der Waals surface area contributed by atoms with Crippen LogP contribution in [0.15, 0.2) is 66.7 Å². The molecule has 0 aliphatic carbocycles. The van der Waals surface area contributed by atoms with Crippen LogP contribution in [0.25, 0.3) is 0 Å². The Balaban J connectivity index is 1.96. The van der Waals surface area contributed by atoms with E-state index in [1.54, 1.807) is 43.2 Å². The van der Waals surface area contributed by atoms with Crippen LogP contribution in [-0.4, -0.2) is 17.3 Å². The minimum absolute atomic E-state index is 0.173. The summed E-state index contributed by atoms with van der Waals surface area (Å²) in [5.74, 6) is 0.501. The molecule has 0 fully saturated rings. The molecule has 0 spiro atoms. The average Bonchev–Trinajstić information content (AvgIpc) is 2.70. The zero-order valence-corrected chi connectivity index (χ0v) is 16.5. The van der Waals surface area contributed by atoms with Gasteiger partial charge < -0.3 is 20.1 Å². The zero-order valence-electron chi connectivity index (χ0n) is 15.6. The van der Waals surface area contributed by atoms with Gasteiger partial charge in [0, 0.05) is 11.3 Å². The van der Waals surface area contributed by atoms with E-state index in [9.17, 15) is 9.50 Å². The number of aromatic hydroxyl groups is 1. The smallest absolute Gasteiger partial charge is 0.178 e. The second kappa shape index (κ2) is 8.71. The highest BCUT2D eigenvalue weighted by molar-refractivity contribution is 7.80. The number of nitrogens with zero attached hydrogens (tertiary/aromatic N) is 1. The number of rotatable bonds is 5. The topological polar surface area (TPSA) is 44.7 Å². The first-order valence-corrected chi connectivity index (χ1v) is 9.15. The van der Waals surface area contributed by atoms with Gasteiger partial charge in [-0.05, 0) is 55.0 Å². The minimum Gasteiger partial charge on any atom is -0.508 e. The van der Waals surface area contributed by atoms with E-state index in [4.69, 9.17) is 17.0 Å². The van der Waals surface area contributed by atoms with Crippen LogP contribution in [0, 0.1) is 12.7 Å². The number of hydrogen-bond donors (Lipinski definition) is 2. The van der Waals surface area contributed by atoms with Crippen LogP contribution >= 0.6 is 12.2 Å². The molecule has 0 aromatic heterocycles. The van der Waals surface area contributed by atoms with Crippen molar-refractivity contribution in [2.24, 2.45) is 0 Å². The Morgan fingerprint density at radius 1 is 1.11 bits per heavy atom. The van der Waals surface area contributed by atoms with Crippen LogP contribution in [0.2, 0.25) is 0 Å². The lowest BCUT2D eigenvalue weighted by molar-refractivity contribution is 0.415. The van der Waals surface area contributed by atoms with Crippen molar-refractivity contribution >= 4 is 28.7 Å². The molecule has 0 saturated heterocycles. The number of methoxy groups -OCH3 is 1. The Kier molecular flexibility index (Phi) is 6.11. The number of benzene rings is 3. The zero-order chi connectivity index (χ0) is 20.1. The van der Waals surface area contributed by atoms with Gasteiger partial charge in [0.25, 0.3) is 0 Å². The van der Waals surface area contributed by atoms with Gasteiger partial charge in [0.05, 0.1) is 19.3 Å². The molecule has 144 valence electrons. The summed E-state index contributed by atoms with van der Waals surface area (Å²) in [5, 5.41) is 13.6. The first-order valence-electron chi connectivity index (χ1n) is 8.74. The second-order valence-electron chi connectivity index (χ2n) is 6.28. The molecule has 3 rings (SSSR count). The lowest BCUT2D eigenvalue weighted by Gasteiger charge is -2.28. The lowest BCUT2D eigenvalue weighted by atomic mass is 10.1. The number of anilines is 2. The molecule has 0 aliphatic heterocycles. The molecule has 3 aromatic rings. The van der Waals surface area contributed by atoms with E-state index in [-0.39, 0.29) is 11.6 Å². The van der Waals surface area contributed by atoms with Crippen LogP contribution in [-0.2, 0) is 6.54 Å². The molecule has 4 nitrogen and oxygen atoms in total. The van der Waals surface area contributed by atoms with E-state index in [0.29, 0.717) is 34.2 Å². The molecular weight excluding hydrogens is 375 g/mol. The number of hydrogen-bond acceptors (Lipinski definition) is 3. The van der Waals surface area contributed by atoms with Gasteiger partial charge >= 0.3 is 0 Å². The summed E-state index contributed by atoms with van der Waals surface area (Å²) in [6, 6.07) is 19.4. The van der Waals surface area contributed by atoms with Gasteiger partial charge in [0.1, 0.15) is 17.3 Å². The summed E-state index contributed by atoms with van der Waals surface area (Å²) < 4.78 is 19.4. The summed E-state index contributed by atoms with van der Waals surface area (Å²) in [6.45, 7) is 2.02. The van der Waals surface area contributed by atoms with Crippen LogP contribution in [0.3, 0.4) is 0 Å². The standard InChI is InChI=1S/C22H21FN2O2S/c1-15-11-12-17(13-18(15)23)24-22(28)25(14-16-7-3-5-9-20(16)26)19-8-4-6-10-21(19)27-2/h3-13,26H,14H2,1-2H3,(H,24,28). The number of ether oxygens (including phenoxy) is 1. The van der Waals surface area contributed by atoms with Crippen molar-refractivity contribution in [3.05, 3.63) is 83.7 Å². The van der Waals surface area contributed by atoms with Crippen molar-refractivity contribution < 1.29 is 14.2 Å². The first-order chi connectivity index (χ1) is 13.5. The molecular formula is C22H21FN2O2S. The summed E-state index contributed by atoms with van der Waals surface area (Å²) in [6.07, 6.45) is 0. The normalized spacial score (nSPS) is 10.4. The summed E-state index contributed by atoms with van der Waals surface area (Å²) >= 11 is 5.62. The molecule has 0 heterocycles. The Morgan fingerprint density at radius 3 is 2.54 bits per heavy atom. The number of phenolic OH excluding ortho intramolecular Hbond substituents is 1. The van der Waals surface area contributed by atoms with Crippen molar-refractivity contribution in [3.63, 3.8) is 0 Å². The predicted molar refractivity (Wildman–Crippen MR) is 115 cm³/mol. The molecule has 0 bridgehead atoms. The Labute approximate surface area is 169 Å². The van der Waals surface area contributed by atoms with E-state index >= 15 is 0 Å². The van der Waals surface area contributed by atoms with Crippen LogP contribution in [0.4, 0.5) is 15.8 Å². The summed E-state index contributed by atoms with van der Waals surface area (Å²) in [4.78, 5) is 1.81. The third kappa shape index (κ3) is 4.40. The number of aryl methyl sites for hydroxylation is 1. The van der Waals surface area contributed by atoms with E-state index in [1.807, 2.05) is 36.4 Å². The summed E-state index contributed by atoms with van der Waals surface area (Å²) in [7, 11) is 1.59. The molecule has 0 aliphatic rings. The maximum atomic E-state index is 13.9. The van der Waals surface area contributed by atoms with Crippen molar-refractivity contribution in [3.8, 4) is 11.5 Å². The van der Waals surface area contributed by atoms with Gasteiger partial charge in [-0.1, -0.05) is 36.4 Å². The fourth-order valence-corrected chi connectivity index (χ4v) is 3.08. The van der Waals surface area contributed by atoms with Gasteiger partial charge in [-0.3, -0.25) is 0 Å². The number of halogens is 1. The Morgan fingerprint density at radius 2 is 1.82 bits per heavy atom. The predicted octanol–water partition coefficient (Wildman–Crippen LogP) is 5.25. The second-order valence-corrected chi connectivity index (χ2v) is 6.67. The number of para-hydroxylation sites is 3. The highest BCUT2D eigenvalue weighted by Gasteiger charge is 2.18. The molecule has 28 heavy (non-hydrogen) atoms. The van der Waals surface area contributed by atoms with E-state index in [1.165, 1.54) is 6.07 Å². The average molecular weight is 396 g/mol. The monoisotopic (exact) mass is 396 g/mol. The molecule has 0 saturated carbocycles. The number of phenols is 1. The van der Waals surface area contributed by atoms with Gasteiger partial charge in [0.15, 0.2) is 5.11 Å². The van der Waals surface area contributed by atoms with Crippen molar-refractivity contribution in [2.45, 2.75) is 13.5 Å². The van der Waals surface area contributed by atoms with E-state index in [0.717, 1.165) is 5.69 Å². The third-order valence-corrected chi connectivity index (χ3v) is 4.69. The highest BCUT2D eigenvalue weighted by atomic mass is 32.1. The van der Waals surface area contributed by atoms with Crippen molar-refractivity contribution in [2.75, 3.05) is 17.3 Å². The molecule has 0 amide bonds. The van der Waals surface area contributed by atoms with Crippen LogP contribution < -0.4 is 15.0 Å². The van der Waals surface area contributed by atoms with E-state index < -0.39 is 0 Å². The molecule has 2 N–H and O–H groups in total. The Hall–Kier alpha value is -3.12. The molecule has 0 unspecified atom stereocenters. The number of nitrogens with one attached hydrogen (secondary N) is 1. The fraction of sp³-hybridized carbons (Fsp3) is 0.136. The van der Waals surface area contributed by atoms with Crippen molar-refractivity contribution in [1.29, 1.82) is 0 Å². The molecule has 3 aromatic carbocycles. The first kappa shape index (κ1) is 19.6. The Bertz CT molecular complexity index is 994. The molecule has 6 heteroatoms. The number of thiocarbonyl (C=S) groups is 1. The van der Waals surface area contributed by atoms with Gasteiger partial charge in [-0.2, -0.15) is 0 Å². The van der Waals surface area contributed by atoms with Crippen LogP contribution in [0.1, 0.15) is 11.1 Å². The maximum absolute atomic E-state index is 13.9. The van der Waals surface area contributed by atoms with Gasteiger partial charge in [-0.15, -0.1) is 0 Å². The van der Waals surface area contributed by atoms with Crippen molar-refractivity contribution in [1.82, 2.24) is 0 Å². The SMILES string of the molecule is COc1ccccc1N(Cc1ccccc1O)C(=S)Nc1ccc(C)c(F)c1. The van der Waals surface area contributed by atoms with Gasteiger partial charge in [0.2, 0.25) is 0 Å².